The molecule has 0 aromatic heterocycles. The Morgan fingerprint density at radius 3 is 2.57 bits per heavy atom. The molecular formula is C21H22IN3O3. The maximum Gasteiger partial charge on any atom is 0.338 e. The predicted molar refractivity (Wildman–Crippen MR) is 117 cm³/mol. The molecule has 1 heterocycles. The number of esters is 1. The summed E-state index contributed by atoms with van der Waals surface area (Å²) in [5.41, 5.74) is 4.71. The molecule has 3 rings (SSSR count). The standard InChI is InChI=1S/C21H22IN3O3/c1-12-4-5-13(2)16(10-12)19-18(20(26)28-3)17(24-21(27)25-19)11-23-15-8-6-14(22)7-9-15/h4-10,19,23H,11H2,1-3H3,(H2,24,25,27)/t19-/m0/s1. The van der Waals surface area contributed by atoms with E-state index in [-0.39, 0.29) is 6.03 Å². The number of halogens is 1. The van der Waals surface area contributed by atoms with Gasteiger partial charge in [-0.15, -0.1) is 0 Å². The lowest BCUT2D eigenvalue weighted by atomic mass is 9.91. The van der Waals surface area contributed by atoms with Gasteiger partial charge in [-0.1, -0.05) is 23.8 Å². The van der Waals surface area contributed by atoms with Crippen molar-refractivity contribution in [2.75, 3.05) is 19.0 Å². The number of hydrogen-bond donors (Lipinski definition) is 3. The van der Waals surface area contributed by atoms with Crippen LogP contribution in [0.25, 0.3) is 0 Å². The summed E-state index contributed by atoms with van der Waals surface area (Å²) in [4.78, 5) is 24.9. The molecule has 0 saturated carbocycles. The molecule has 1 aliphatic heterocycles. The van der Waals surface area contributed by atoms with Gasteiger partial charge < -0.3 is 20.7 Å². The summed E-state index contributed by atoms with van der Waals surface area (Å²) >= 11 is 2.24. The summed E-state index contributed by atoms with van der Waals surface area (Å²) < 4.78 is 6.16. The van der Waals surface area contributed by atoms with Gasteiger partial charge in [0.25, 0.3) is 0 Å². The summed E-state index contributed by atoms with van der Waals surface area (Å²) in [5.74, 6) is -0.474. The summed E-state index contributed by atoms with van der Waals surface area (Å²) in [5, 5.41) is 8.88. The Balaban J connectivity index is 2.00. The summed E-state index contributed by atoms with van der Waals surface area (Å²) in [6, 6.07) is 12.9. The van der Waals surface area contributed by atoms with Gasteiger partial charge in [0.05, 0.1) is 31.0 Å². The highest BCUT2D eigenvalue weighted by molar-refractivity contribution is 14.1. The normalized spacial score (nSPS) is 16.3. The van der Waals surface area contributed by atoms with E-state index in [9.17, 15) is 9.59 Å². The maximum absolute atomic E-state index is 12.6. The van der Waals surface area contributed by atoms with Gasteiger partial charge in [-0.05, 0) is 71.8 Å². The Bertz CT molecular complexity index is 938. The minimum atomic E-state index is -0.574. The smallest absolute Gasteiger partial charge is 0.338 e. The van der Waals surface area contributed by atoms with Crippen molar-refractivity contribution < 1.29 is 14.3 Å². The molecule has 0 spiro atoms. The van der Waals surface area contributed by atoms with Crippen molar-refractivity contribution in [2.45, 2.75) is 19.9 Å². The summed E-state index contributed by atoms with van der Waals surface area (Å²) in [6.45, 7) is 4.23. The molecule has 2 aromatic rings. The number of ether oxygens (including phenoxy) is 1. The van der Waals surface area contributed by atoms with Crippen LogP contribution in [-0.2, 0) is 9.53 Å². The quantitative estimate of drug-likeness (QED) is 0.439. The van der Waals surface area contributed by atoms with Crippen molar-refractivity contribution in [3.63, 3.8) is 0 Å². The number of anilines is 1. The van der Waals surface area contributed by atoms with E-state index in [0.717, 1.165) is 25.9 Å². The Morgan fingerprint density at radius 1 is 1.18 bits per heavy atom. The van der Waals surface area contributed by atoms with E-state index >= 15 is 0 Å². The second-order valence-corrected chi connectivity index (χ2v) is 7.88. The van der Waals surface area contributed by atoms with Crippen LogP contribution in [0.5, 0.6) is 0 Å². The highest BCUT2D eigenvalue weighted by Crippen LogP contribution is 2.30. The third-order valence-electron chi connectivity index (χ3n) is 4.62. The van der Waals surface area contributed by atoms with Gasteiger partial charge in [0.2, 0.25) is 0 Å². The molecule has 0 saturated heterocycles. The number of methoxy groups -OCH3 is 1. The number of carbonyl (C=O) groups is 2. The zero-order chi connectivity index (χ0) is 20.3. The number of amides is 2. The molecule has 0 aliphatic carbocycles. The van der Waals surface area contributed by atoms with Crippen LogP contribution in [0.1, 0.15) is 22.7 Å². The Hall–Kier alpha value is -2.55. The fraction of sp³-hybridized carbons (Fsp3) is 0.238. The fourth-order valence-electron chi connectivity index (χ4n) is 3.17. The van der Waals surface area contributed by atoms with Crippen molar-refractivity contribution in [1.29, 1.82) is 0 Å². The number of hydrogen-bond acceptors (Lipinski definition) is 4. The van der Waals surface area contributed by atoms with Gasteiger partial charge in [-0.2, -0.15) is 0 Å². The number of benzene rings is 2. The first-order chi connectivity index (χ1) is 13.4. The van der Waals surface area contributed by atoms with Crippen molar-refractivity contribution in [2.24, 2.45) is 0 Å². The molecule has 2 aromatic carbocycles. The van der Waals surface area contributed by atoms with Crippen LogP contribution >= 0.6 is 22.6 Å². The molecular weight excluding hydrogens is 469 g/mol. The first kappa shape index (κ1) is 20.2. The Kier molecular flexibility index (Phi) is 6.23. The molecule has 0 bridgehead atoms. The van der Waals surface area contributed by atoms with E-state index in [1.54, 1.807) is 0 Å². The molecule has 7 heteroatoms. The molecule has 0 radical (unpaired) electrons. The van der Waals surface area contributed by atoms with Crippen molar-refractivity contribution >= 4 is 40.3 Å². The second kappa shape index (κ2) is 8.64. The monoisotopic (exact) mass is 491 g/mol. The lowest BCUT2D eigenvalue weighted by Crippen LogP contribution is -2.47. The van der Waals surface area contributed by atoms with E-state index in [0.29, 0.717) is 17.8 Å². The maximum atomic E-state index is 12.6. The number of urea groups is 1. The molecule has 1 aliphatic rings. The predicted octanol–water partition coefficient (Wildman–Crippen LogP) is 3.80. The SMILES string of the molecule is COC(=O)C1=C(CNc2ccc(I)cc2)NC(=O)N[C@H]1c1cc(C)ccc1C. The molecule has 3 N–H and O–H groups in total. The topological polar surface area (TPSA) is 79.5 Å². The number of nitrogens with one attached hydrogen (secondary N) is 3. The van der Waals surface area contributed by atoms with Crippen LogP contribution in [0.4, 0.5) is 10.5 Å². The van der Waals surface area contributed by atoms with Crippen molar-refractivity contribution in [3.8, 4) is 0 Å². The van der Waals surface area contributed by atoms with Gasteiger partial charge in [0.1, 0.15) is 0 Å². The van der Waals surface area contributed by atoms with E-state index in [1.165, 1.54) is 7.11 Å². The first-order valence-electron chi connectivity index (χ1n) is 8.84. The summed E-state index contributed by atoms with van der Waals surface area (Å²) in [7, 11) is 1.34. The fourth-order valence-corrected chi connectivity index (χ4v) is 3.53. The third kappa shape index (κ3) is 4.46. The van der Waals surface area contributed by atoms with Crippen LogP contribution in [0, 0.1) is 17.4 Å². The van der Waals surface area contributed by atoms with E-state index < -0.39 is 12.0 Å². The van der Waals surface area contributed by atoms with E-state index in [1.807, 2.05) is 56.3 Å². The average Bonchev–Trinajstić information content (AvgIpc) is 2.68. The minimum Gasteiger partial charge on any atom is -0.466 e. The number of aryl methyl sites for hydroxylation is 2. The molecule has 28 heavy (non-hydrogen) atoms. The molecule has 2 amide bonds. The molecule has 1 atom stereocenters. The lowest BCUT2D eigenvalue weighted by molar-refractivity contribution is -0.136. The zero-order valence-electron chi connectivity index (χ0n) is 15.9. The van der Waals surface area contributed by atoms with E-state index in [4.69, 9.17) is 4.74 Å². The van der Waals surface area contributed by atoms with Gasteiger partial charge in [-0.25, -0.2) is 9.59 Å². The minimum absolute atomic E-state index is 0.291. The van der Waals surface area contributed by atoms with Crippen LogP contribution in [0.3, 0.4) is 0 Å². The van der Waals surface area contributed by atoms with Gasteiger partial charge in [0.15, 0.2) is 0 Å². The van der Waals surface area contributed by atoms with Crippen LogP contribution in [0.15, 0.2) is 53.7 Å². The Labute approximate surface area is 177 Å². The van der Waals surface area contributed by atoms with Crippen molar-refractivity contribution in [3.05, 3.63) is 74.0 Å². The number of carbonyl (C=O) groups excluding carboxylic acids is 2. The second-order valence-electron chi connectivity index (χ2n) is 6.64. The zero-order valence-corrected chi connectivity index (χ0v) is 18.1. The van der Waals surface area contributed by atoms with Crippen LogP contribution in [0.2, 0.25) is 0 Å². The van der Waals surface area contributed by atoms with Crippen LogP contribution in [-0.4, -0.2) is 25.7 Å². The first-order valence-corrected chi connectivity index (χ1v) is 9.92. The van der Waals surface area contributed by atoms with Gasteiger partial charge in [-0.3, -0.25) is 0 Å². The van der Waals surface area contributed by atoms with E-state index in [2.05, 4.69) is 38.5 Å². The largest absolute Gasteiger partial charge is 0.466 e. The molecule has 146 valence electrons. The highest BCUT2D eigenvalue weighted by atomic mass is 127. The Morgan fingerprint density at radius 2 is 1.89 bits per heavy atom. The number of rotatable bonds is 5. The average molecular weight is 491 g/mol. The van der Waals surface area contributed by atoms with Crippen LogP contribution < -0.4 is 16.0 Å². The van der Waals surface area contributed by atoms with Gasteiger partial charge in [0, 0.05) is 9.26 Å². The van der Waals surface area contributed by atoms with Crippen molar-refractivity contribution in [1.82, 2.24) is 10.6 Å². The molecule has 0 fully saturated rings. The molecule has 0 unspecified atom stereocenters. The summed E-state index contributed by atoms with van der Waals surface area (Å²) in [6.07, 6.45) is 0. The highest BCUT2D eigenvalue weighted by Gasteiger charge is 2.34. The molecule has 6 nitrogen and oxygen atoms in total. The van der Waals surface area contributed by atoms with Gasteiger partial charge >= 0.3 is 12.0 Å². The third-order valence-corrected chi connectivity index (χ3v) is 5.34. The lowest BCUT2D eigenvalue weighted by Gasteiger charge is -2.30.